The van der Waals surface area contributed by atoms with Gasteiger partial charge in [0.2, 0.25) is 0 Å². The molecule has 4 heterocycles. The molecule has 0 unspecified atom stereocenters. The van der Waals surface area contributed by atoms with Crippen LogP contribution in [0.2, 0.25) is 0 Å². The maximum atomic E-state index is 5.93. The van der Waals surface area contributed by atoms with E-state index in [4.69, 9.17) is 5.73 Å². The molecule has 5 nitrogen and oxygen atoms in total. The van der Waals surface area contributed by atoms with E-state index in [0.29, 0.717) is 11.7 Å². The van der Waals surface area contributed by atoms with Crippen LogP contribution in [0.5, 0.6) is 0 Å². The summed E-state index contributed by atoms with van der Waals surface area (Å²) in [7, 11) is 0. The number of rotatable bonds is 0. The molecule has 4 rings (SSSR count). The predicted octanol–water partition coefficient (Wildman–Crippen LogP) is 1.36. The smallest absolute Gasteiger partial charge is 0.0467 e. The molecule has 2 aliphatic rings. The molecule has 2 aromatic heterocycles. The maximum absolute atomic E-state index is 5.93. The number of nitrogens with two attached hydrogens (primary N) is 1. The third kappa shape index (κ3) is 1.99. The van der Waals surface area contributed by atoms with Crippen molar-refractivity contribution in [1.29, 1.82) is 0 Å². The Morgan fingerprint density at radius 2 is 2.30 bits per heavy atom. The summed E-state index contributed by atoms with van der Waals surface area (Å²) in [6.07, 6.45) is 8.03. The molecule has 2 bridgehead atoms. The van der Waals surface area contributed by atoms with Crippen LogP contribution in [-0.2, 0) is 39.1 Å². The van der Waals surface area contributed by atoms with E-state index in [0.717, 1.165) is 42.2 Å². The van der Waals surface area contributed by atoms with Gasteiger partial charge in [-0.1, -0.05) is 19.2 Å². The average Bonchev–Trinajstić information content (AvgIpc) is 2.87. The number of fused-ring (bicyclic) bond motifs is 3. The van der Waals surface area contributed by atoms with Crippen LogP contribution in [0.1, 0.15) is 30.3 Å². The Kier molecular flexibility index (Phi) is 3.59. The van der Waals surface area contributed by atoms with Crippen molar-refractivity contribution >= 4 is 11.3 Å². The van der Waals surface area contributed by atoms with Gasteiger partial charge in [-0.25, -0.2) is 0 Å². The summed E-state index contributed by atoms with van der Waals surface area (Å²) in [5.41, 5.74) is 9.01. The Balaban J connectivity index is 0.00000121. The summed E-state index contributed by atoms with van der Waals surface area (Å²) in [5.74, 6) is 2.02. The van der Waals surface area contributed by atoms with E-state index in [1.165, 1.54) is 12.8 Å². The molecule has 0 amide bonds. The number of nitrogens with zero attached hydrogens (tertiary/aromatic N) is 4. The fourth-order valence-corrected chi connectivity index (χ4v) is 3.24. The first kappa shape index (κ1) is 14.0. The Labute approximate surface area is 143 Å². The zero-order chi connectivity index (χ0) is 13.0. The molecule has 1 fully saturated rings. The third-order valence-electron chi connectivity index (χ3n) is 4.23. The van der Waals surface area contributed by atoms with Crippen LogP contribution in [0.3, 0.4) is 0 Å². The zero-order valence-corrected chi connectivity index (χ0v) is 14.2. The minimum atomic E-state index is 0. The molecule has 1 saturated heterocycles. The number of hydrogen-bond donors (Lipinski definition) is 1. The SMILES string of the molecule is C=C1Cc2cnc(N)c3[c-]nc(n23)[C@@H]2CCCN1C2.[Y]. The van der Waals surface area contributed by atoms with Crippen LogP contribution >= 0.6 is 0 Å². The van der Waals surface area contributed by atoms with Crippen molar-refractivity contribution in [2.24, 2.45) is 0 Å². The van der Waals surface area contributed by atoms with E-state index in [2.05, 4.69) is 32.0 Å². The van der Waals surface area contributed by atoms with Crippen LogP contribution in [0.25, 0.3) is 5.52 Å². The van der Waals surface area contributed by atoms with Gasteiger partial charge in [0.05, 0.1) is 0 Å². The topological polar surface area (TPSA) is 59.4 Å². The number of hydrogen-bond acceptors (Lipinski definition) is 4. The van der Waals surface area contributed by atoms with E-state index in [1.807, 2.05) is 6.20 Å². The number of anilines is 1. The first-order valence-electron chi connectivity index (χ1n) is 6.70. The minimum absolute atomic E-state index is 0. The first-order valence-corrected chi connectivity index (χ1v) is 6.70. The van der Waals surface area contributed by atoms with Crippen molar-refractivity contribution in [2.75, 3.05) is 18.8 Å². The van der Waals surface area contributed by atoms with Gasteiger partial charge in [0.1, 0.15) is 0 Å². The summed E-state index contributed by atoms with van der Waals surface area (Å²) in [5, 5.41) is 0. The van der Waals surface area contributed by atoms with Gasteiger partial charge in [0.25, 0.3) is 0 Å². The molecule has 0 aliphatic carbocycles. The zero-order valence-electron chi connectivity index (χ0n) is 11.3. The standard InChI is InChI=1S/C14H16N5.Y/c1-9-5-11-6-16-13(15)12-7-17-14(19(11)12)10-3-2-4-18(9)8-10;/h6,10H,1-5,8H2,(H2,15,16);/q-1;/t10-;/m1./s1. The fraction of sp³-hybridized carbons (Fsp3) is 0.429. The van der Waals surface area contributed by atoms with Gasteiger partial charge < -0.3 is 20.0 Å². The van der Waals surface area contributed by atoms with Crippen LogP contribution < -0.4 is 5.73 Å². The monoisotopic (exact) mass is 343 g/mol. The maximum Gasteiger partial charge on any atom is 0.0467 e. The van der Waals surface area contributed by atoms with E-state index in [9.17, 15) is 0 Å². The van der Waals surface area contributed by atoms with Gasteiger partial charge in [0, 0.05) is 81.4 Å². The Hall–Kier alpha value is -0.936. The molecule has 1 radical (unpaired) electrons. The second-order valence-corrected chi connectivity index (χ2v) is 5.43. The van der Waals surface area contributed by atoms with Crippen LogP contribution in [0.4, 0.5) is 5.82 Å². The fourth-order valence-electron chi connectivity index (χ4n) is 3.24. The number of piperidine rings is 1. The number of imidazole rings is 1. The van der Waals surface area contributed by atoms with Crippen molar-refractivity contribution < 1.29 is 32.7 Å². The number of nitrogen functional groups attached to an aromatic ring is 1. The normalized spacial score (nSPS) is 21.3. The van der Waals surface area contributed by atoms with Crippen molar-refractivity contribution in [1.82, 2.24) is 19.3 Å². The molecule has 6 heteroatoms. The van der Waals surface area contributed by atoms with Crippen molar-refractivity contribution in [3.05, 3.63) is 36.2 Å². The molecular formula is C14H16N5Y-. The molecule has 1 atom stereocenters. The van der Waals surface area contributed by atoms with Crippen LogP contribution in [-0.4, -0.2) is 32.4 Å². The van der Waals surface area contributed by atoms with Crippen molar-refractivity contribution in [3.63, 3.8) is 0 Å². The summed E-state index contributed by atoms with van der Waals surface area (Å²) < 4.78 is 2.14. The quantitative estimate of drug-likeness (QED) is 0.734. The van der Waals surface area contributed by atoms with Gasteiger partial charge in [-0.3, -0.25) is 4.98 Å². The Morgan fingerprint density at radius 1 is 1.45 bits per heavy atom. The molecule has 0 aromatic carbocycles. The summed E-state index contributed by atoms with van der Waals surface area (Å²) in [4.78, 5) is 11.1. The summed E-state index contributed by atoms with van der Waals surface area (Å²) >= 11 is 0. The third-order valence-corrected chi connectivity index (χ3v) is 4.23. The van der Waals surface area contributed by atoms with Gasteiger partial charge in [-0.2, -0.15) is 0 Å². The number of aromatic nitrogens is 3. The summed E-state index contributed by atoms with van der Waals surface area (Å²) in [6, 6.07) is 0. The van der Waals surface area contributed by atoms with Crippen LogP contribution in [0, 0.1) is 6.20 Å². The minimum Gasteiger partial charge on any atom is -0.432 e. The molecular weight excluding hydrogens is 327 g/mol. The first-order chi connectivity index (χ1) is 9.24. The van der Waals surface area contributed by atoms with Crippen molar-refractivity contribution in [3.8, 4) is 0 Å². The van der Waals surface area contributed by atoms with E-state index >= 15 is 0 Å². The van der Waals surface area contributed by atoms with Gasteiger partial charge in [0.15, 0.2) is 0 Å². The largest absolute Gasteiger partial charge is 0.432 e. The van der Waals surface area contributed by atoms with E-state index < -0.39 is 0 Å². The van der Waals surface area contributed by atoms with E-state index in [1.54, 1.807) is 0 Å². The second-order valence-electron chi connectivity index (χ2n) is 5.43. The molecule has 20 heavy (non-hydrogen) atoms. The van der Waals surface area contributed by atoms with Gasteiger partial charge >= 0.3 is 0 Å². The van der Waals surface area contributed by atoms with Crippen LogP contribution in [0.15, 0.2) is 18.5 Å². The van der Waals surface area contributed by atoms with Crippen molar-refractivity contribution in [2.45, 2.75) is 25.2 Å². The predicted molar refractivity (Wildman–Crippen MR) is 72.6 cm³/mol. The van der Waals surface area contributed by atoms with Gasteiger partial charge in [-0.15, -0.1) is 0 Å². The second kappa shape index (κ2) is 5.12. The molecule has 101 valence electrons. The average molecular weight is 343 g/mol. The number of allylic oxidation sites excluding steroid dienone is 1. The summed E-state index contributed by atoms with van der Waals surface area (Å²) in [6.45, 7) is 6.34. The van der Waals surface area contributed by atoms with E-state index in [-0.39, 0.29) is 32.7 Å². The molecule has 0 saturated carbocycles. The Morgan fingerprint density at radius 3 is 3.15 bits per heavy atom. The molecule has 0 spiro atoms. The Bertz CT molecular complexity index is 677. The molecule has 2 N–H and O–H groups in total. The molecule has 2 aromatic rings. The van der Waals surface area contributed by atoms with Gasteiger partial charge in [-0.05, 0) is 17.9 Å². The molecule has 2 aliphatic heterocycles.